The van der Waals surface area contributed by atoms with Crippen molar-refractivity contribution < 1.29 is 14.3 Å². The number of halogens is 2. The van der Waals surface area contributed by atoms with Crippen molar-refractivity contribution in [3.8, 4) is 5.75 Å². The zero-order valence-corrected chi connectivity index (χ0v) is 17.3. The van der Waals surface area contributed by atoms with E-state index in [4.69, 9.17) is 16.3 Å². The Labute approximate surface area is 176 Å². The van der Waals surface area contributed by atoms with Gasteiger partial charge in [-0.3, -0.25) is 9.59 Å². The average Bonchev–Trinajstić information content (AvgIpc) is 2.66. The van der Waals surface area contributed by atoms with E-state index in [-0.39, 0.29) is 24.7 Å². The summed E-state index contributed by atoms with van der Waals surface area (Å²) in [6.07, 6.45) is 3.22. The molecule has 0 atom stereocenters. The quantitative estimate of drug-likeness (QED) is 0.325. The lowest BCUT2D eigenvalue weighted by atomic mass is 10.2. The first kappa shape index (κ1) is 21.7. The molecule has 0 aromatic heterocycles. The summed E-state index contributed by atoms with van der Waals surface area (Å²) in [5.41, 5.74) is 3.76. The fraction of sp³-hybridized carbons (Fsp3) is 0.150. The van der Waals surface area contributed by atoms with Gasteiger partial charge < -0.3 is 10.1 Å². The van der Waals surface area contributed by atoms with Gasteiger partial charge in [0.2, 0.25) is 11.8 Å². The number of hydrazone groups is 1. The molecule has 2 rings (SSSR count). The van der Waals surface area contributed by atoms with Gasteiger partial charge in [-0.2, -0.15) is 5.10 Å². The molecule has 2 N–H and O–H groups in total. The SMILES string of the molecule is C=CCOc1ccc(C=NNC(=O)CCC(=O)Nc2cccc(Cl)c2)cc1Br. The van der Waals surface area contributed by atoms with E-state index in [2.05, 4.69) is 38.4 Å². The first-order chi connectivity index (χ1) is 13.5. The van der Waals surface area contributed by atoms with Gasteiger partial charge in [0.15, 0.2) is 0 Å². The maximum absolute atomic E-state index is 11.9. The fourth-order valence-corrected chi connectivity index (χ4v) is 2.82. The lowest BCUT2D eigenvalue weighted by Gasteiger charge is -2.06. The Morgan fingerprint density at radius 3 is 2.68 bits per heavy atom. The predicted octanol–water partition coefficient (Wildman–Crippen LogP) is 4.54. The third-order valence-electron chi connectivity index (χ3n) is 3.40. The van der Waals surface area contributed by atoms with Crippen LogP contribution in [0, 0.1) is 0 Å². The van der Waals surface area contributed by atoms with Gasteiger partial charge in [0.25, 0.3) is 0 Å². The minimum Gasteiger partial charge on any atom is -0.488 e. The standard InChI is InChI=1S/C20H19BrClN3O3/c1-2-10-28-18-7-6-14(11-17(18)21)13-23-25-20(27)9-8-19(26)24-16-5-3-4-15(22)12-16/h2-7,11-13H,1,8-10H2,(H,24,26)(H,25,27). The largest absolute Gasteiger partial charge is 0.488 e. The molecular formula is C20H19BrClN3O3. The molecule has 0 unspecified atom stereocenters. The van der Waals surface area contributed by atoms with E-state index in [0.717, 1.165) is 10.0 Å². The third kappa shape index (κ3) is 7.54. The molecule has 0 aliphatic carbocycles. The van der Waals surface area contributed by atoms with Crippen LogP contribution >= 0.6 is 27.5 Å². The number of benzene rings is 2. The molecule has 2 aromatic carbocycles. The smallest absolute Gasteiger partial charge is 0.240 e. The van der Waals surface area contributed by atoms with Gasteiger partial charge in [-0.05, 0) is 57.9 Å². The minimum absolute atomic E-state index is 0.0156. The number of anilines is 1. The van der Waals surface area contributed by atoms with Crippen molar-refractivity contribution in [3.05, 3.63) is 70.2 Å². The summed E-state index contributed by atoms with van der Waals surface area (Å²) in [6, 6.07) is 12.2. The Morgan fingerprint density at radius 1 is 1.18 bits per heavy atom. The van der Waals surface area contributed by atoms with E-state index < -0.39 is 0 Å². The maximum atomic E-state index is 11.9. The van der Waals surface area contributed by atoms with Gasteiger partial charge in [0, 0.05) is 23.6 Å². The van der Waals surface area contributed by atoms with Gasteiger partial charge in [0.05, 0.1) is 10.7 Å². The van der Waals surface area contributed by atoms with Crippen LogP contribution in [0.3, 0.4) is 0 Å². The summed E-state index contributed by atoms with van der Waals surface area (Å²) in [4.78, 5) is 23.7. The van der Waals surface area contributed by atoms with Crippen LogP contribution in [0.5, 0.6) is 5.75 Å². The van der Waals surface area contributed by atoms with Crippen LogP contribution in [-0.4, -0.2) is 24.6 Å². The highest BCUT2D eigenvalue weighted by molar-refractivity contribution is 9.10. The van der Waals surface area contributed by atoms with Crippen LogP contribution in [0.15, 0.2) is 64.7 Å². The van der Waals surface area contributed by atoms with Gasteiger partial charge in [-0.1, -0.05) is 30.3 Å². The van der Waals surface area contributed by atoms with Crippen molar-refractivity contribution in [1.82, 2.24) is 5.43 Å². The van der Waals surface area contributed by atoms with Gasteiger partial charge in [-0.25, -0.2) is 5.43 Å². The van der Waals surface area contributed by atoms with E-state index in [1.54, 1.807) is 42.5 Å². The summed E-state index contributed by atoms with van der Waals surface area (Å²) in [5.74, 6) is 0.0507. The summed E-state index contributed by atoms with van der Waals surface area (Å²) in [5, 5.41) is 7.10. The first-order valence-corrected chi connectivity index (χ1v) is 9.55. The van der Waals surface area contributed by atoms with E-state index >= 15 is 0 Å². The first-order valence-electron chi connectivity index (χ1n) is 8.38. The Balaban J connectivity index is 1.76. The summed E-state index contributed by atoms with van der Waals surface area (Å²) >= 11 is 9.27. The number of carbonyl (C=O) groups is 2. The molecule has 0 saturated heterocycles. The second kappa shape index (κ2) is 11.3. The molecular weight excluding hydrogens is 446 g/mol. The molecule has 6 nitrogen and oxygen atoms in total. The molecule has 0 heterocycles. The van der Waals surface area contributed by atoms with Gasteiger partial charge in [-0.15, -0.1) is 0 Å². The van der Waals surface area contributed by atoms with E-state index in [9.17, 15) is 9.59 Å². The molecule has 28 heavy (non-hydrogen) atoms. The number of carbonyl (C=O) groups excluding carboxylic acids is 2. The third-order valence-corrected chi connectivity index (χ3v) is 4.26. The molecule has 2 aromatic rings. The molecule has 8 heteroatoms. The molecule has 0 aliphatic heterocycles. The highest BCUT2D eigenvalue weighted by Crippen LogP contribution is 2.25. The Bertz CT molecular complexity index is 887. The van der Waals surface area contributed by atoms with Crippen LogP contribution in [0.1, 0.15) is 18.4 Å². The molecule has 146 valence electrons. The molecule has 0 bridgehead atoms. The zero-order valence-electron chi connectivity index (χ0n) is 15.0. The van der Waals surface area contributed by atoms with Crippen molar-refractivity contribution in [1.29, 1.82) is 0 Å². The topological polar surface area (TPSA) is 79.8 Å². The second-order valence-electron chi connectivity index (χ2n) is 5.64. The maximum Gasteiger partial charge on any atom is 0.240 e. The number of ether oxygens (including phenoxy) is 1. The number of hydrogen-bond donors (Lipinski definition) is 2. The monoisotopic (exact) mass is 463 g/mol. The van der Waals surface area contributed by atoms with Crippen molar-refractivity contribution in [2.24, 2.45) is 5.10 Å². The number of rotatable bonds is 9. The van der Waals surface area contributed by atoms with E-state index in [1.807, 2.05) is 6.07 Å². The molecule has 0 saturated carbocycles. The van der Waals surface area contributed by atoms with Crippen LogP contribution in [0.4, 0.5) is 5.69 Å². The molecule has 0 fully saturated rings. The lowest BCUT2D eigenvalue weighted by molar-refractivity contribution is -0.124. The Kier molecular flexibility index (Phi) is 8.71. The number of nitrogens with one attached hydrogen (secondary N) is 2. The highest BCUT2D eigenvalue weighted by Gasteiger charge is 2.07. The molecule has 0 spiro atoms. The van der Waals surface area contributed by atoms with Gasteiger partial charge in [0.1, 0.15) is 12.4 Å². The van der Waals surface area contributed by atoms with Crippen molar-refractivity contribution in [3.63, 3.8) is 0 Å². The minimum atomic E-state index is -0.359. The van der Waals surface area contributed by atoms with Crippen molar-refractivity contribution >= 4 is 51.2 Å². The lowest BCUT2D eigenvalue weighted by Crippen LogP contribution is -2.20. The second-order valence-corrected chi connectivity index (χ2v) is 6.93. The van der Waals surface area contributed by atoms with Crippen molar-refractivity contribution in [2.75, 3.05) is 11.9 Å². The average molecular weight is 465 g/mol. The normalized spacial score (nSPS) is 10.5. The molecule has 2 amide bonds. The Morgan fingerprint density at radius 2 is 1.96 bits per heavy atom. The number of nitrogens with zero attached hydrogens (tertiary/aromatic N) is 1. The zero-order chi connectivity index (χ0) is 20.4. The highest BCUT2D eigenvalue weighted by atomic mass is 79.9. The van der Waals surface area contributed by atoms with Crippen LogP contribution in [0.25, 0.3) is 0 Å². The van der Waals surface area contributed by atoms with Gasteiger partial charge >= 0.3 is 0 Å². The number of amides is 2. The summed E-state index contributed by atoms with van der Waals surface area (Å²) in [7, 11) is 0. The van der Waals surface area contributed by atoms with Crippen molar-refractivity contribution in [2.45, 2.75) is 12.8 Å². The Hall–Kier alpha value is -2.64. The molecule has 0 radical (unpaired) electrons. The number of hydrogen-bond acceptors (Lipinski definition) is 4. The van der Waals surface area contributed by atoms with Crippen LogP contribution < -0.4 is 15.5 Å². The summed E-state index contributed by atoms with van der Waals surface area (Å²) in [6.45, 7) is 4.01. The van der Waals surface area contributed by atoms with E-state index in [1.165, 1.54) is 6.21 Å². The predicted molar refractivity (Wildman–Crippen MR) is 115 cm³/mol. The summed E-state index contributed by atoms with van der Waals surface area (Å²) < 4.78 is 6.23. The fourth-order valence-electron chi connectivity index (χ4n) is 2.11. The van der Waals surface area contributed by atoms with Crippen LogP contribution in [0.2, 0.25) is 5.02 Å². The van der Waals surface area contributed by atoms with E-state index in [0.29, 0.717) is 23.1 Å². The van der Waals surface area contributed by atoms with Crippen LogP contribution in [-0.2, 0) is 9.59 Å². The molecule has 0 aliphatic rings.